The second-order valence-electron chi connectivity index (χ2n) is 5.58. The van der Waals surface area contributed by atoms with Crippen LogP contribution in [0, 0.1) is 16.7 Å². The van der Waals surface area contributed by atoms with E-state index >= 15 is 0 Å². The van der Waals surface area contributed by atoms with Crippen LogP contribution in [0.2, 0.25) is 0 Å². The summed E-state index contributed by atoms with van der Waals surface area (Å²) in [5.41, 5.74) is 0.253. The monoisotopic (exact) mass is 285 g/mol. The number of rotatable bonds is 3. The van der Waals surface area contributed by atoms with Gasteiger partial charge in [0.05, 0.1) is 17.0 Å². The molecule has 6 heteroatoms. The Hall–Kier alpha value is -2.68. The highest BCUT2D eigenvalue weighted by Gasteiger charge is 2.45. The van der Waals surface area contributed by atoms with E-state index < -0.39 is 11.3 Å². The van der Waals surface area contributed by atoms with Crippen molar-refractivity contribution >= 4 is 23.4 Å². The Labute approximate surface area is 122 Å². The van der Waals surface area contributed by atoms with Crippen molar-refractivity contribution in [3.8, 4) is 6.07 Å². The van der Waals surface area contributed by atoms with Crippen molar-refractivity contribution in [2.45, 2.75) is 20.3 Å². The first-order valence-electron chi connectivity index (χ1n) is 6.48. The molecule has 0 spiro atoms. The Morgan fingerprint density at radius 2 is 1.95 bits per heavy atom. The number of nitrogens with one attached hydrogen (secondary N) is 1. The minimum atomic E-state index is -0.744. The molecule has 0 saturated carbocycles. The number of amides is 3. The van der Waals surface area contributed by atoms with E-state index in [1.165, 1.54) is 0 Å². The van der Waals surface area contributed by atoms with Gasteiger partial charge in [-0.2, -0.15) is 5.26 Å². The normalized spacial score (nSPS) is 16.7. The number of benzene rings is 1. The summed E-state index contributed by atoms with van der Waals surface area (Å²) in [6, 6.07) is 8.31. The van der Waals surface area contributed by atoms with Gasteiger partial charge in [-0.3, -0.25) is 19.3 Å². The number of nitrogens with zero attached hydrogens (tertiary/aromatic N) is 2. The van der Waals surface area contributed by atoms with Crippen LogP contribution < -0.4 is 5.32 Å². The molecule has 108 valence electrons. The molecule has 1 N–H and O–H groups in total. The lowest BCUT2D eigenvalue weighted by atomic mass is 9.92. The van der Waals surface area contributed by atoms with Crippen LogP contribution in [0.15, 0.2) is 24.3 Å². The summed E-state index contributed by atoms with van der Waals surface area (Å²) in [5, 5.41) is 11.3. The number of likely N-dealkylation sites (tertiary alicyclic amines) is 1. The predicted octanol–water partition coefficient (Wildman–Crippen LogP) is 1.28. The van der Waals surface area contributed by atoms with Crippen LogP contribution >= 0.6 is 0 Å². The van der Waals surface area contributed by atoms with Gasteiger partial charge in [-0.05, 0) is 24.3 Å². The standard InChI is InChI=1S/C15H15N3O3/c1-15(2)7-13(20)18(14(15)21)9-12(19)17-11-5-3-10(8-16)4-6-11/h3-6H,7,9H2,1-2H3,(H,17,19). The lowest BCUT2D eigenvalue weighted by Gasteiger charge is -2.17. The maximum absolute atomic E-state index is 12.0. The molecule has 3 amide bonds. The zero-order chi connectivity index (χ0) is 15.6. The molecule has 0 radical (unpaired) electrons. The third kappa shape index (κ3) is 3.08. The maximum Gasteiger partial charge on any atom is 0.244 e. The molecule has 0 bridgehead atoms. The quantitative estimate of drug-likeness (QED) is 0.847. The van der Waals surface area contributed by atoms with Crippen molar-refractivity contribution in [3.05, 3.63) is 29.8 Å². The molecule has 0 atom stereocenters. The third-order valence-electron chi connectivity index (χ3n) is 3.32. The van der Waals surface area contributed by atoms with E-state index in [0.717, 1.165) is 4.90 Å². The van der Waals surface area contributed by atoms with Crippen LogP contribution in [0.25, 0.3) is 0 Å². The fraction of sp³-hybridized carbons (Fsp3) is 0.333. The van der Waals surface area contributed by atoms with Gasteiger partial charge in [0.25, 0.3) is 0 Å². The minimum absolute atomic E-state index is 0.121. The highest BCUT2D eigenvalue weighted by Crippen LogP contribution is 2.31. The smallest absolute Gasteiger partial charge is 0.244 e. The fourth-order valence-corrected chi connectivity index (χ4v) is 2.16. The van der Waals surface area contributed by atoms with E-state index in [4.69, 9.17) is 5.26 Å². The Balaban J connectivity index is 2.00. The number of imide groups is 1. The summed E-state index contributed by atoms with van der Waals surface area (Å²) in [5.74, 6) is -1.11. The molecule has 6 nitrogen and oxygen atoms in total. The first-order valence-corrected chi connectivity index (χ1v) is 6.48. The predicted molar refractivity (Wildman–Crippen MR) is 74.9 cm³/mol. The van der Waals surface area contributed by atoms with Crippen LogP contribution in [0.4, 0.5) is 5.69 Å². The van der Waals surface area contributed by atoms with Crippen molar-refractivity contribution < 1.29 is 14.4 Å². The molecular weight excluding hydrogens is 270 g/mol. The molecule has 1 saturated heterocycles. The van der Waals surface area contributed by atoms with E-state index in [9.17, 15) is 14.4 Å². The second kappa shape index (κ2) is 5.37. The number of carbonyl (C=O) groups is 3. The molecule has 0 aromatic heterocycles. The van der Waals surface area contributed by atoms with E-state index in [1.807, 2.05) is 6.07 Å². The summed E-state index contributed by atoms with van der Waals surface area (Å²) in [6.45, 7) is 3.08. The molecule has 2 rings (SSSR count). The van der Waals surface area contributed by atoms with Crippen molar-refractivity contribution in [3.63, 3.8) is 0 Å². The van der Waals surface area contributed by atoms with Gasteiger partial charge < -0.3 is 5.32 Å². The number of anilines is 1. The van der Waals surface area contributed by atoms with Gasteiger partial charge >= 0.3 is 0 Å². The van der Waals surface area contributed by atoms with Crippen molar-refractivity contribution in [2.24, 2.45) is 5.41 Å². The molecule has 1 aromatic rings. The lowest BCUT2D eigenvalue weighted by molar-refractivity contribution is -0.143. The van der Waals surface area contributed by atoms with Gasteiger partial charge in [0, 0.05) is 12.1 Å². The zero-order valence-electron chi connectivity index (χ0n) is 11.8. The minimum Gasteiger partial charge on any atom is -0.325 e. The average Bonchev–Trinajstić information content (AvgIpc) is 2.62. The highest BCUT2D eigenvalue weighted by atomic mass is 16.2. The highest BCUT2D eigenvalue weighted by molar-refractivity contribution is 6.08. The molecular formula is C15H15N3O3. The zero-order valence-corrected chi connectivity index (χ0v) is 11.8. The summed E-state index contributed by atoms with van der Waals surface area (Å²) >= 11 is 0. The number of hydrogen-bond acceptors (Lipinski definition) is 4. The van der Waals surface area contributed by atoms with E-state index in [-0.39, 0.29) is 24.8 Å². The van der Waals surface area contributed by atoms with E-state index in [2.05, 4.69) is 5.32 Å². The average molecular weight is 285 g/mol. The SMILES string of the molecule is CC1(C)CC(=O)N(CC(=O)Nc2ccc(C#N)cc2)C1=O. The summed E-state index contributed by atoms with van der Waals surface area (Å²) in [4.78, 5) is 36.6. The topological polar surface area (TPSA) is 90.3 Å². The second-order valence-corrected chi connectivity index (χ2v) is 5.58. The van der Waals surface area contributed by atoms with E-state index in [0.29, 0.717) is 11.3 Å². The summed E-state index contributed by atoms with van der Waals surface area (Å²) in [7, 11) is 0. The van der Waals surface area contributed by atoms with Crippen LogP contribution in [0.1, 0.15) is 25.8 Å². The fourth-order valence-electron chi connectivity index (χ4n) is 2.16. The molecule has 0 aliphatic carbocycles. The Morgan fingerprint density at radius 1 is 1.33 bits per heavy atom. The van der Waals surface area contributed by atoms with Gasteiger partial charge in [0.15, 0.2) is 0 Å². The van der Waals surface area contributed by atoms with Gasteiger partial charge in [0.1, 0.15) is 6.54 Å². The van der Waals surface area contributed by atoms with Crippen LogP contribution in [-0.4, -0.2) is 29.2 Å². The molecule has 1 fully saturated rings. The van der Waals surface area contributed by atoms with Crippen molar-refractivity contribution in [2.75, 3.05) is 11.9 Å². The molecule has 1 aromatic carbocycles. The number of nitriles is 1. The van der Waals surface area contributed by atoms with Gasteiger partial charge in [0.2, 0.25) is 17.7 Å². The first-order chi connectivity index (χ1) is 9.83. The van der Waals surface area contributed by atoms with Crippen LogP contribution in [-0.2, 0) is 14.4 Å². The van der Waals surface area contributed by atoms with Gasteiger partial charge in [-0.1, -0.05) is 13.8 Å². The number of carbonyl (C=O) groups excluding carboxylic acids is 3. The summed E-state index contributed by atoms with van der Waals surface area (Å²) < 4.78 is 0. The van der Waals surface area contributed by atoms with Gasteiger partial charge in [-0.15, -0.1) is 0 Å². The Morgan fingerprint density at radius 3 is 2.43 bits per heavy atom. The van der Waals surface area contributed by atoms with E-state index in [1.54, 1.807) is 38.1 Å². The van der Waals surface area contributed by atoms with Crippen molar-refractivity contribution in [1.29, 1.82) is 5.26 Å². The van der Waals surface area contributed by atoms with Gasteiger partial charge in [-0.25, -0.2) is 0 Å². The van der Waals surface area contributed by atoms with Crippen LogP contribution in [0.3, 0.4) is 0 Å². The molecule has 21 heavy (non-hydrogen) atoms. The van der Waals surface area contributed by atoms with Crippen molar-refractivity contribution in [1.82, 2.24) is 4.90 Å². The third-order valence-corrected chi connectivity index (χ3v) is 3.32. The lowest BCUT2D eigenvalue weighted by Crippen LogP contribution is -2.39. The summed E-state index contributed by atoms with van der Waals surface area (Å²) in [6.07, 6.45) is 0.121. The number of hydrogen-bond donors (Lipinski definition) is 1. The molecule has 1 heterocycles. The largest absolute Gasteiger partial charge is 0.325 e. The Kier molecular flexibility index (Phi) is 3.76. The molecule has 0 unspecified atom stereocenters. The first kappa shape index (κ1) is 14.7. The maximum atomic E-state index is 12.0. The van der Waals surface area contributed by atoms with Crippen LogP contribution in [0.5, 0.6) is 0 Å². The molecule has 1 aliphatic rings. The Bertz CT molecular complexity index is 641. The molecule has 1 aliphatic heterocycles.